The van der Waals surface area contributed by atoms with Crippen LogP contribution in [0.2, 0.25) is 0 Å². The van der Waals surface area contributed by atoms with Crippen molar-refractivity contribution in [3.05, 3.63) is 0 Å². The fraction of sp³-hybridized carbons (Fsp3) is 0.818. The molecule has 2 unspecified atom stereocenters. The first-order chi connectivity index (χ1) is 9.62. The van der Waals surface area contributed by atoms with Gasteiger partial charge in [-0.1, -0.05) is 0 Å². The number of amides is 1. The van der Waals surface area contributed by atoms with Gasteiger partial charge in [-0.15, -0.1) is 0 Å². The van der Waals surface area contributed by atoms with Crippen molar-refractivity contribution in [2.75, 3.05) is 6.61 Å². The molecule has 0 aromatic heterocycles. The lowest BCUT2D eigenvalue weighted by molar-refractivity contribution is -0.295. The second-order valence-electron chi connectivity index (χ2n) is 4.91. The van der Waals surface area contributed by atoms with Crippen LogP contribution in [0, 0.1) is 0 Å². The molecule has 6 atom stereocenters. The van der Waals surface area contributed by atoms with Crippen molar-refractivity contribution in [1.29, 1.82) is 0 Å². The van der Waals surface area contributed by atoms with E-state index in [-0.39, 0.29) is 0 Å². The van der Waals surface area contributed by atoms with Gasteiger partial charge in [0.15, 0.2) is 0 Å². The number of rotatable bonds is 5. The first-order valence-corrected chi connectivity index (χ1v) is 6.18. The molecule has 122 valence electrons. The van der Waals surface area contributed by atoms with E-state index in [1.54, 1.807) is 0 Å². The molecule has 1 aliphatic heterocycles. The summed E-state index contributed by atoms with van der Waals surface area (Å²) < 4.78 is 4.86. The van der Waals surface area contributed by atoms with Crippen LogP contribution in [0.25, 0.3) is 0 Å². The molecule has 1 aliphatic rings. The maximum Gasteiger partial charge on any atom is 0.364 e. The quantitative estimate of drug-likeness (QED) is 0.268. The zero-order valence-electron chi connectivity index (χ0n) is 11.2. The summed E-state index contributed by atoms with van der Waals surface area (Å²) in [5, 5.41) is 59.0. The van der Waals surface area contributed by atoms with Crippen molar-refractivity contribution in [2.45, 2.75) is 49.6 Å². The molecule has 0 aliphatic carbocycles. The van der Waals surface area contributed by atoms with Crippen molar-refractivity contribution in [3.63, 3.8) is 0 Å². The average Bonchev–Trinajstić information content (AvgIpc) is 2.39. The van der Waals surface area contributed by atoms with E-state index >= 15 is 0 Å². The Morgan fingerprint density at radius 2 is 2.00 bits per heavy atom. The molecule has 0 aromatic rings. The molecular weight excluding hydrogens is 290 g/mol. The van der Waals surface area contributed by atoms with E-state index in [2.05, 4.69) is 5.32 Å². The summed E-state index contributed by atoms with van der Waals surface area (Å²) in [7, 11) is 0. The molecule has 0 saturated carbocycles. The number of carboxylic acid groups (broad SMARTS) is 1. The van der Waals surface area contributed by atoms with Crippen LogP contribution >= 0.6 is 0 Å². The molecule has 1 amide bonds. The van der Waals surface area contributed by atoms with Gasteiger partial charge in [0.05, 0.1) is 18.8 Å². The number of aliphatic carboxylic acids is 1. The van der Waals surface area contributed by atoms with E-state index in [4.69, 9.17) is 14.9 Å². The van der Waals surface area contributed by atoms with E-state index in [0.717, 1.165) is 6.92 Å². The van der Waals surface area contributed by atoms with E-state index in [0.29, 0.717) is 0 Å². The summed E-state index contributed by atoms with van der Waals surface area (Å²) in [6, 6.07) is -1.27. The van der Waals surface area contributed by atoms with Gasteiger partial charge in [-0.3, -0.25) is 4.79 Å². The number of carboxylic acids is 1. The fourth-order valence-electron chi connectivity index (χ4n) is 2.14. The highest BCUT2D eigenvalue weighted by molar-refractivity contribution is 5.76. The zero-order chi connectivity index (χ0) is 16.4. The lowest BCUT2D eigenvalue weighted by Crippen LogP contribution is -2.67. The first kappa shape index (κ1) is 17.8. The third kappa shape index (κ3) is 3.87. The molecule has 1 fully saturated rings. The van der Waals surface area contributed by atoms with Crippen molar-refractivity contribution < 1.29 is 45.0 Å². The third-order valence-electron chi connectivity index (χ3n) is 3.21. The van der Waals surface area contributed by atoms with E-state index in [1.165, 1.54) is 0 Å². The van der Waals surface area contributed by atoms with Crippen LogP contribution in [0.1, 0.15) is 13.3 Å². The smallest absolute Gasteiger partial charge is 0.364 e. The maximum atomic E-state index is 11.1. The second-order valence-corrected chi connectivity index (χ2v) is 4.91. The Labute approximate surface area is 119 Å². The van der Waals surface area contributed by atoms with Crippen LogP contribution in [-0.4, -0.2) is 85.4 Å². The maximum absolute atomic E-state index is 11.1. The lowest BCUT2D eigenvalue weighted by Gasteiger charge is -2.44. The van der Waals surface area contributed by atoms with Crippen molar-refractivity contribution >= 4 is 11.9 Å². The lowest BCUT2D eigenvalue weighted by atomic mass is 9.88. The normalized spacial score (nSPS) is 35.8. The van der Waals surface area contributed by atoms with Crippen molar-refractivity contribution in [2.24, 2.45) is 0 Å². The predicted octanol–water partition coefficient (Wildman–Crippen LogP) is -3.87. The number of hydrogen-bond donors (Lipinski definition) is 7. The predicted molar refractivity (Wildman–Crippen MR) is 64.8 cm³/mol. The van der Waals surface area contributed by atoms with Gasteiger partial charge >= 0.3 is 5.97 Å². The largest absolute Gasteiger partial charge is 0.477 e. The van der Waals surface area contributed by atoms with Gasteiger partial charge in [-0.25, -0.2) is 4.79 Å². The van der Waals surface area contributed by atoms with Crippen molar-refractivity contribution in [3.8, 4) is 0 Å². The summed E-state index contributed by atoms with van der Waals surface area (Å²) in [6.07, 6.45) is -7.48. The summed E-state index contributed by atoms with van der Waals surface area (Å²) in [6.45, 7) is 0.256. The van der Waals surface area contributed by atoms with Crippen LogP contribution in [0.5, 0.6) is 0 Å². The third-order valence-corrected chi connectivity index (χ3v) is 3.21. The Bertz CT molecular complexity index is 403. The molecule has 10 heteroatoms. The van der Waals surface area contributed by atoms with Gasteiger partial charge in [-0.2, -0.15) is 0 Å². The minimum absolute atomic E-state index is 0.598. The molecule has 21 heavy (non-hydrogen) atoms. The van der Waals surface area contributed by atoms with Gasteiger partial charge < -0.3 is 40.7 Å². The number of nitrogens with one attached hydrogen (secondary N) is 1. The highest BCUT2D eigenvalue weighted by Gasteiger charge is 2.53. The molecule has 0 spiro atoms. The van der Waals surface area contributed by atoms with Crippen LogP contribution in [0.4, 0.5) is 0 Å². The molecule has 7 N–H and O–H groups in total. The Balaban J connectivity index is 3.07. The number of carbonyl (C=O) groups excluding carboxylic acids is 1. The molecule has 1 heterocycles. The van der Waals surface area contributed by atoms with E-state index in [9.17, 15) is 30.0 Å². The van der Waals surface area contributed by atoms with Gasteiger partial charge in [-0.05, 0) is 0 Å². The number of aliphatic hydroxyl groups excluding tert-OH is 4. The Kier molecular flexibility index (Phi) is 5.61. The van der Waals surface area contributed by atoms with Gasteiger partial charge in [0, 0.05) is 13.3 Å². The first-order valence-electron chi connectivity index (χ1n) is 6.18. The summed E-state index contributed by atoms with van der Waals surface area (Å²) in [5.74, 6) is -5.17. The highest BCUT2D eigenvalue weighted by Crippen LogP contribution is 2.30. The summed E-state index contributed by atoms with van der Waals surface area (Å²) in [5.41, 5.74) is 0. The van der Waals surface area contributed by atoms with Crippen molar-refractivity contribution in [1.82, 2.24) is 5.32 Å². The number of hydrogen-bond acceptors (Lipinski definition) is 8. The number of aliphatic hydroxyl groups is 5. The zero-order valence-corrected chi connectivity index (χ0v) is 11.2. The molecule has 0 aromatic carbocycles. The highest BCUT2D eigenvalue weighted by atomic mass is 16.7. The summed E-state index contributed by atoms with van der Waals surface area (Å²) >= 11 is 0. The van der Waals surface area contributed by atoms with Gasteiger partial charge in [0.2, 0.25) is 5.91 Å². The SMILES string of the molecule is CC(=O)N[C@@H]1[C@@H](O)C[C@](O)(C(=O)O)O[C@H]1C(O)C(O)CO. The van der Waals surface area contributed by atoms with Gasteiger partial charge in [0.25, 0.3) is 5.79 Å². The Hall–Kier alpha value is -1.30. The van der Waals surface area contributed by atoms with E-state index < -0.39 is 61.1 Å². The summed E-state index contributed by atoms with van der Waals surface area (Å²) in [4.78, 5) is 22.1. The molecule has 1 saturated heterocycles. The fourth-order valence-corrected chi connectivity index (χ4v) is 2.14. The number of carbonyl (C=O) groups is 2. The Morgan fingerprint density at radius 3 is 2.43 bits per heavy atom. The number of ether oxygens (including phenoxy) is 1. The molecule has 0 radical (unpaired) electrons. The van der Waals surface area contributed by atoms with E-state index in [1.807, 2.05) is 0 Å². The standard InChI is InChI=1S/C11H19NO9/c1-4(14)12-7-5(15)2-11(20,10(18)19)21-9(7)8(17)6(16)3-13/h5-9,13,15-17,20H,2-3H2,1H3,(H,12,14)(H,18,19)/t5-,6?,7+,8?,9+,11+/m0/s1. The second kappa shape index (κ2) is 6.64. The van der Waals surface area contributed by atoms with Crippen LogP contribution in [0.3, 0.4) is 0 Å². The monoisotopic (exact) mass is 309 g/mol. The molecular formula is C11H19NO9. The van der Waals surface area contributed by atoms with Gasteiger partial charge in [0.1, 0.15) is 18.3 Å². The Morgan fingerprint density at radius 1 is 1.43 bits per heavy atom. The van der Waals surface area contributed by atoms with Crippen LogP contribution < -0.4 is 5.32 Å². The molecule has 0 bridgehead atoms. The minimum atomic E-state index is -2.78. The topological polar surface area (TPSA) is 177 Å². The minimum Gasteiger partial charge on any atom is -0.477 e. The molecule has 10 nitrogen and oxygen atoms in total. The molecule has 1 rings (SSSR count). The van der Waals surface area contributed by atoms with Crippen LogP contribution in [-0.2, 0) is 14.3 Å². The van der Waals surface area contributed by atoms with Crippen LogP contribution in [0.15, 0.2) is 0 Å². The average molecular weight is 309 g/mol.